The standard InChI is InChI=1S/C18H20N4O3.C17H17N3O.CH2O2/c1-13-18(11-24-12-18)25-8-7-22(13)16-9-14(10-19-17(16)23)3-4-15-5-6-21(2)20-15;1-2-6-13-12(5-1)14-15(21-13)17(20-9-3-4-10-20)19-16(18-14)11-7-8-11;2-1-3/h5-6,9-10,13H,7-8,11-12H2,1-2H3,(H,19,23);1-2,5-6,11H,3-4,7-10H2;1H,(H,2,3). The topological polar surface area (TPSA) is 152 Å². The average Bonchev–Trinajstić information content (AvgIpc) is 3.44. The number of furan rings is 1. The highest BCUT2D eigenvalue weighted by atomic mass is 16.6. The van der Waals surface area contributed by atoms with Gasteiger partial charge in [0.1, 0.15) is 33.9 Å². The lowest BCUT2D eigenvalue weighted by molar-refractivity contribution is -0.228. The molecule has 1 unspecified atom stereocenters. The molecule has 1 atom stereocenters. The van der Waals surface area contributed by atoms with E-state index in [2.05, 4.69) is 44.7 Å². The summed E-state index contributed by atoms with van der Waals surface area (Å²) in [5.41, 5.74) is 4.41. The summed E-state index contributed by atoms with van der Waals surface area (Å²) in [7, 11) is 1.85. The third-order valence-electron chi connectivity index (χ3n) is 9.45. The quantitative estimate of drug-likeness (QED) is 0.212. The highest BCUT2D eigenvalue weighted by Crippen LogP contribution is 2.42. The van der Waals surface area contributed by atoms with E-state index >= 15 is 0 Å². The molecule has 13 heteroatoms. The molecule has 254 valence electrons. The third kappa shape index (κ3) is 6.62. The SMILES string of the molecule is CC1N(c2cc(C#Cc3ccn(C)n3)c[nH]c2=O)CCOC12COC2.O=CO.c1ccc2c(c1)oc1c(N3CCCC3)nc(C3CC3)nc12. The van der Waals surface area contributed by atoms with Gasteiger partial charge in [0.15, 0.2) is 11.4 Å². The van der Waals surface area contributed by atoms with E-state index in [9.17, 15) is 4.79 Å². The lowest BCUT2D eigenvalue weighted by Gasteiger charge is -2.53. The zero-order chi connectivity index (χ0) is 34.0. The Bertz CT molecular complexity index is 2080. The van der Waals surface area contributed by atoms with Crippen LogP contribution in [0.15, 0.2) is 58.0 Å². The number of hydrogen-bond acceptors (Lipinski definition) is 10. The highest BCUT2D eigenvalue weighted by Gasteiger charge is 2.50. The fourth-order valence-corrected chi connectivity index (χ4v) is 6.54. The molecule has 3 aliphatic heterocycles. The molecular weight excluding hydrogens is 626 g/mol. The highest BCUT2D eigenvalue weighted by molar-refractivity contribution is 6.05. The van der Waals surface area contributed by atoms with Crippen LogP contribution in [0.2, 0.25) is 0 Å². The van der Waals surface area contributed by atoms with Gasteiger partial charge in [-0.05, 0) is 62.8 Å². The Morgan fingerprint density at radius 3 is 2.55 bits per heavy atom. The molecule has 5 aromatic rings. The number of anilines is 2. The van der Waals surface area contributed by atoms with Crippen molar-refractivity contribution in [2.24, 2.45) is 7.05 Å². The zero-order valence-electron chi connectivity index (χ0n) is 27.6. The summed E-state index contributed by atoms with van der Waals surface area (Å²) >= 11 is 0. The maximum atomic E-state index is 12.4. The summed E-state index contributed by atoms with van der Waals surface area (Å²) in [6.45, 7) is 6.37. The van der Waals surface area contributed by atoms with E-state index in [4.69, 9.17) is 33.8 Å². The Morgan fingerprint density at radius 1 is 1.08 bits per heavy atom. The molecule has 4 aromatic heterocycles. The summed E-state index contributed by atoms with van der Waals surface area (Å²) in [5.74, 6) is 8.66. The van der Waals surface area contributed by atoms with Gasteiger partial charge >= 0.3 is 0 Å². The lowest BCUT2D eigenvalue weighted by Crippen LogP contribution is -2.68. The Morgan fingerprint density at radius 2 is 1.86 bits per heavy atom. The first-order chi connectivity index (χ1) is 23.9. The van der Waals surface area contributed by atoms with Gasteiger partial charge < -0.3 is 33.8 Å². The number of hydrogen-bond donors (Lipinski definition) is 2. The number of carbonyl (C=O) groups is 1. The van der Waals surface area contributed by atoms with Crippen molar-refractivity contribution in [2.45, 2.75) is 50.2 Å². The third-order valence-corrected chi connectivity index (χ3v) is 9.45. The van der Waals surface area contributed by atoms with Crippen molar-refractivity contribution in [1.29, 1.82) is 0 Å². The van der Waals surface area contributed by atoms with Crippen LogP contribution in [0.3, 0.4) is 0 Å². The number of fused-ring (bicyclic) bond motifs is 3. The first kappa shape index (κ1) is 32.4. The van der Waals surface area contributed by atoms with Gasteiger partial charge in [-0.25, -0.2) is 9.97 Å². The molecule has 3 saturated heterocycles. The van der Waals surface area contributed by atoms with Crippen molar-refractivity contribution in [2.75, 3.05) is 49.3 Å². The second-order valence-corrected chi connectivity index (χ2v) is 12.8. The fourth-order valence-electron chi connectivity index (χ4n) is 6.54. The minimum atomic E-state index is -0.305. The predicted octanol–water partition coefficient (Wildman–Crippen LogP) is 4.06. The maximum Gasteiger partial charge on any atom is 0.290 e. The Kier molecular flexibility index (Phi) is 9.07. The number of H-pyrrole nitrogens is 1. The van der Waals surface area contributed by atoms with E-state index < -0.39 is 0 Å². The summed E-state index contributed by atoms with van der Waals surface area (Å²) in [6.07, 6.45) is 8.41. The van der Waals surface area contributed by atoms with Crippen molar-refractivity contribution >= 4 is 40.0 Å². The van der Waals surface area contributed by atoms with Crippen LogP contribution in [0.25, 0.3) is 22.1 Å². The Hall–Kier alpha value is -5.19. The zero-order valence-corrected chi connectivity index (χ0v) is 27.6. The van der Waals surface area contributed by atoms with Gasteiger partial charge in [-0.15, -0.1) is 0 Å². The molecule has 7 heterocycles. The molecule has 2 N–H and O–H groups in total. The van der Waals surface area contributed by atoms with E-state index in [-0.39, 0.29) is 23.7 Å². The second kappa shape index (κ2) is 13.7. The number of aromatic amines is 1. The number of para-hydroxylation sites is 1. The van der Waals surface area contributed by atoms with Crippen LogP contribution in [0.1, 0.15) is 55.6 Å². The van der Waals surface area contributed by atoms with Crippen LogP contribution in [-0.4, -0.2) is 87.4 Å². The van der Waals surface area contributed by atoms with Gasteiger partial charge in [0.2, 0.25) is 0 Å². The van der Waals surface area contributed by atoms with Crippen LogP contribution in [-0.2, 0) is 21.3 Å². The molecule has 9 rings (SSSR count). The van der Waals surface area contributed by atoms with Crippen molar-refractivity contribution in [3.8, 4) is 11.8 Å². The number of aryl methyl sites for hydroxylation is 1. The number of ether oxygens (including phenoxy) is 2. The van der Waals surface area contributed by atoms with E-state index in [0.29, 0.717) is 43.7 Å². The fraction of sp³-hybridized carbons (Fsp3) is 0.417. The minimum absolute atomic E-state index is 0.0649. The van der Waals surface area contributed by atoms with Gasteiger partial charge in [-0.2, -0.15) is 5.10 Å². The van der Waals surface area contributed by atoms with E-state index in [1.165, 1.54) is 25.7 Å². The van der Waals surface area contributed by atoms with Gasteiger partial charge in [0.05, 0.1) is 25.9 Å². The van der Waals surface area contributed by atoms with Gasteiger partial charge in [-0.3, -0.25) is 14.3 Å². The largest absolute Gasteiger partial charge is 0.483 e. The predicted molar refractivity (Wildman–Crippen MR) is 184 cm³/mol. The second-order valence-electron chi connectivity index (χ2n) is 12.8. The van der Waals surface area contributed by atoms with Crippen molar-refractivity contribution in [3.05, 3.63) is 76.2 Å². The number of pyridine rings is 1. The molecule has 0 amide bonds. The number of nitrogens with one attached hydrogen (secondary N) is 1. The molecule has 1 spiro atoms. The Labute approximate surface area is 282 Å². The van der Waals surface area contributed by atoms with Crippen LogP contribution < -0.4 is 15.4 Å². The van der Waals surface area contributed by atoms with Crippen LogP contribution in [0.5, 0.6) is 0 Å². The molecule has 49 heavy (non-hydrogen) atoms. The van der Waals surface area contributed by atoms with Crippen molar-refractivity contribution < 1.29 is 23.8 Å². The molecule has 4 fully saturated rings. The first-order valence-electron chi connectivity index (χ1n) is 16.6. The van der Waals surface area contributed by atoms with E-state index in [1.54, 1.807) is 10.9 Å². The number of carboxylic acid groups (broad SMARTS) is 1. The molecule has 4 aliphatic rings. The molecule has 0 bridgehead atoms. The van der Waals surface area contributed by atoms with Crippen molar-refractivity contribution in [1.82, 2.24) is 24.7 Å². The Balaban J connectivity index is 0.000000145. The molecular formula is C36H39N7O6. The molecule has 0 radical (unpaired) electrons. The summed E-state index contributed by atoms with van der Waals surface area (Å²) in [6, 6.07) is 11.9. The number of morpholine rings is 1. The van der Waals surface area contributed by atoms with Crippen LogP contribution in [0.4, 0.5) is 11.5 Å². The molecule has 1 aromatic carbocycles. The number of nitrogens with zero attached hydrogens (tertiary/aromatic N) is 6. The van der Waals surface area contributed by atoms with E-state index in [1.807, 2.05) is 43.6 Å². The average molecular weight is 666 g/mol. The van der Waals surface area contributed by atoms with Gasteiger partial charge in [0.25, 0.3) is 12.0 Å². The number of aromatic nitrogens is 5. The monoisotopic (exact) mass is 665 g/mol. The summed E-state index contributed by atoms with van der Waals surface area (Å²) in [4.78, 5) is 37.7. The van der Waals surface area contributed by atoms with E-state index in [0.717, 1.165) is 52.4 Å². The van der Waals surface area contributed by atoms with Crippen LogP contribution in [0, 0.1) is 11.8 Å². The lowest BCUT2D eigenvalue weighted by atomic mass is 9.90. The molecule has 13 nitrogen and oxygen atoms in total. The normalized spacial score (nSPS) is 19.3. The molecule has 1 saturated carbocycles. The summed E-state index contributed by atoms with van der Waals surface area (Å²) < 4.78 is 19.1. The number of benzene rings is 1. The van der Waals surface area contributed by atoms with Crippen molar-refractivity contribution in [3.63, 3.8) is 0 Å². The van der Waals surface area contributed by atoms with Crippen LogP contribution >= 0.6 is 0 Å². The minimum Gasteiger partial charge on any atom is -0.483 e. The maximum absolute atomic E-state index is 12.4. The molecule has 1 aliphatic carbocycles. The van der Waals surface area contributed by atoms with Gasteiger partial charge in [0, 0.05) is 55.9 Å². The van der Waals surface area contributed by atoms with Gasteiger partial charge in [-0.1, -0.05) is 18.1 Å². The smallest absolute Gasteiger partial charge is 0.290 e. The summed E-state index contributed by atoms with van der Waals surface area (Å²) in [5, 5.41) is 12.2. The number of rotatable bonds is 3. The first-order valence-corrected chi connectivity index (χ1v) is 16.6.